The molecule has 0 radical (unpaired) electrons. The second-order valence-corrected chi connectivity index (χ2v) is 6.34. The number of rotatable bonds is 4. The number of benzene rings is 2. The second kappa shape index (κ2) is 6.97. The van der Waals surface area contributed by atoms with Gasteiger partial charge in [-0.2, -0.15) is 0 Å². The predicted molar refractivity (Wildman–Crippen MR) is 97.6 cm³/mol. The molecule has 0 aliphatic rings. The van der Waals surface area contributed by atoms with Gasteiger partial charge in [-0.15, -0.1) is 5.10 Å². The maximum absolute atomic E-state index is 12.4. The number of anilines is 1. The third-order valence-corrected chi connectivity index (χ3v) is 4.30. The first-order valence-corrected chi connectivity index (χ1v) is 8.46. The van der Waals surface area contributed by atoms with Gasteiger partial charge in [0, 0.05) is 10.2 Å². The van der Waals surface area contributed by atoms with Crippen molar-refractivity contribution in [3.8, 4) is 5.69 Å². The minimum Gasteiger partial charge on any atom is -0.321 e. The Morgan fingerprint density at radius 2 is 1.96 bits per heavy atom. The Morgan fingerprint density at radius 3 is 2.67 bits per heavy atom. The van der Waals surface area contributed by atoms with Gasteiger partial charge in [-0.1, -0.05) is 40.2 Å². The lowest BCUT2D eigenvalue weighted by Crippen LogP contribution is -2.14. The van der Waals surface area contributed by atoms with Gasteiger partial charge in [-0.25, -0.2) is 4.68 Å². The largest absolute Gasteiger partial charge is 0.321 e. The number of nitrogens with zero attached hydrogens (tertiary/aromatic N) is 3. The fourth-order valence-electron chi connectivity index (χ4n) is 2.42. The van der Waals surface area contributed by atoms with Gasteiger partial charge in [0.25, 0.3) is 5.91 Å². The Hall–Kier alpha value is -2.47. The van der Waals surface area contributed by atoms with Crippen LogP contribution in [0.4, 0.5) is 5.69 Å². The predicted octanol–water partition coefficient (Wildman–Crippen LogP) is 4.15. The standard InChI is InChI=1S/C18H17BrN4O/c1-3-13-5-4-6-16(11-13)23-12(2)17(21-22-23)18(24)20-15-9-7-14(19)8-10-15/h4-11H,3H2,1-2H3,(H,20,24). The fraction of sp³-hybridized carbons (Fsp3) is 0.167. The molecule has 2 aromatic carbocycles. The lowest BCUT2D eigenvalue weighted by Gasteiger charge is -2.06. The van der Waals surface area contributed by atoms with E-state index in [4.69, 9.17) is 0 Å². The van der Waals surface area contributed by atoms with Crippen molar-refractivity contribution in [3.63, 3.8) is 0 Å². The average molecular weight is 385 g/mol. The minimum absolute atomic E-state index is 0.271. The highest BCUT2D eigenvalue weighted by Gasteiger charge is 2.17. The molecule has 3 aromatic rings. The zero-order valence-electron chi connectivity index (χ0n) is 13.5. The maximum Gasteiger partial charge on any atom is 0.278 e. The summed E-state index contributed by atoms with van der Waals surface area (Å²) < 4.78 is 2.65. The van der Waals surface area contributed by atoms with E-state index in [-0.39, 0.29) is 5.91 Å². The number of aromatic nitrogens is 3. The van der Waals surface area contributed by atoms with Crippen LogP contribution < -0.4 is 5.32 Å². The van der Waals surface area contributed by atoms with E-state index in [1.165, 1.54) is 5.56 Å². The van der Waals surface area contributed by atoms with Crippen molar-refractivity contribution in [2.75, 3.05) is 5.32 Å². The topological polar surface area (TPSA) is 59.8 Å². The van der Waals surface area contributed by atoms with Crippen LogP contribution in [0.5, 0.6) is 0 Å². The molecule has 1 heterocycles. The molecule has 6 heteroatoms. The first-order chi connectivity index (χ1) is 11.6. The molecule has 1 N–H and O–H groups in total. The van der Waals surface area contributed by atoms with Crippen LogP contribution in [0.15, 0.2) is 53.0 Å². The fourth-order valence-corrected chi connectivity index (χ4v) is 2.68. The molecule has 5 nitrogen and oxygen atoms in total. The smallest absolute Gasteiger partial charge is 0.278 e. The van der Waals surface area contributed by atoms with E-state index >= 15 is 0 Å². The summed E-state index contributed by atoms with van der Waals surface area (Å²) in [4.78, 5) is 12.4. The number of halogens is 1. The minimum atomic E-state index is -0.271. The molecule has 0 saturated heterocycles. The summed E-state index contributed by atoms with van der Waals surface area (Å²) in [7, 11) is 0. The third-order valence-electron chi connectivity index (χ3n) is 3.78. The van der Waals surface area contributed by atoms with E-state index in [0.29, 0.717) is 17.1 Å². The van der Waals surface area contributed by atoms with Crippen LogP contribution in [-0.4, -0.2) is 20.9 Å². The van der Waals surface area contributed by atoms with Gasteiger partial charge in [0.05, 0.1) is 11.4 Å². The molecular formula is C18H17BrN4O. The molecule has 1 aromatic heterocycles. The number of carbonyl (C=O) groups excluding carboxylic acids is 1. The first kappa shape index (κ1) is 16.4. The number of nitrogens with one attached hydrogen (secondary N) is 1. The highest BCUT2D eigenvalue weighted by atomic mass is 79.9. The number of hydrogen-bond donors (Lipinski definition) is 1. The molecule has 0 aliphatic heterocycles. The second-order valence-electron chi connectivity index (χ2n) is 5.42. The van der Waals surface area contributed by atoms with E-state index in [1.54, 1.807) is 4.68 Å². The zero-order valence-corrected chi connectivity index (χ0v) is 15.0. The van der Waals surface area contributed by atoms with Crippen molar-refractivity contribution in [2.45, 2.75) is 20.3 Å². The molecule has 122 valence electrons. The highest BCUT2D eigenvalue weighted by molar-refractivity contribution is 9.10. The van der Waals surface area contributed by atoms with E-state index in [9.17, 15) is 4.79 Å². The van der Waals surface area contributed by atoms with E-state index in [1.807, 2.05) is 43.3 Å². The van der Waals surface area contributed by atoms with Crippen LogP contribution in [0.25, 0.3) is 5.69 Å². The summed E-state index contributed by atoms with van der Waals surface area (Å²) in [5, 5.41) is 11.0. The molecular weight excluding hydrogens is 368 g/mol. The number of aryl methyl sites for hydroxylation is 1. The number of hydrogen-bond acceptors (Lipinski definition) is 3. The Labute approximate surface area is 148 Å². The van der Waals surface area contributed by atoms with Gasteiger partial charge in [-0.05, 0) is 55.3 Å². The normalized spacial score (nSPS) is 10.6. The first-order valence-electron chi connectivity index (χ1n) is 7.67. The van der Waals surface area contributed by atoms with Gasteiger partial charge >= 0.3 is 0 Å². The molecule has 3 rings (SSSR count). The lowest BCUT2D eigenvalue weighted by atomic mass is 10.1. The Balaban J connectivity index is 1.86. The number of carbonyl (C=O) groups is 1. The summed E-state index contributed by atoms with van der Waals surface area (Å²) in [6.07, 6.45) is 0.943. The van der Waals surface area contributed by atoms with Crippen LogP contribution in [-0.2, 0) is 6.42 Å². The molecule has 0 spiro atoms. The SMILES string of the molecule is CCc1cccc(-n2nnc(C(=O)Nc3ccc(Br)cc3)c2C)c1. The van der Waals surface area contributed by atoms with Gasteiger partial charge in [-0.3, -0.25) is 4.79 Å². The molecule has 24 heavy (non-hydrogen) atoms. The molecule has 0 atom stereocenters. The lowest BCUT2D eigenvalue weighted by molar-refractivity contribution is 0.102. The zero-order chi connectivity index (χ0) is 17.1. The summed E-state index contributed by atoms with van der Waals surface area (Å²) in [6.45, 7) is 3.94. The van der Waals surface area contributed by atoms with Crippen molar-refractivity contribution in [1.29, 1.82) is 0 Å². The summed E-state index contributed by atoms with van der Waals surface area (Å²) >= 11 is 3.37. The van der Waals surface area contributed by atoms with Gasteiger partial charge < -0.3 is 5.32 Å². The summed E-state index contributed by atoms with van der Waals surface area (Å²) in [5.41, 5.74) is 3.85. The van der Waals surface area contributed by atoms with Gasteiger partial charge in [0.15, 0.2) is 5.69 Å². The van der Waals surface area contributed by atoms with Crippen molar-refractivity contribution in [2.24, 2.45) is 0 Å². The summed E-state index contributed by atoms with van der Waals surface area (Å²) in [5.74, 6) is -0.271. The van der Waals surface area contributed by atoms with Crippen molar-refractivity contribution in [3.05, 3.63) is 70.0 Å². The van der Waals surface area contributed by atoms with Crippen LogP contribution in [0.3, 0.4) is 0 Å². The monoisotopic (exact) mass is 384 g/mol. The van der Waals surface area contributed by atoms with Crippen LogP contribution >= 0.6 is 15.9 Å². The Kier molecular flexibility index (Phi) is 4.76. The van der Waals surface area contributed by atoms with E-state index in [2.05, 4.69) is 50.6 Å². The van der Waals surface area contributed by atoms with Crippen molar-refractivity contribution in [1.82, 2.24) is 15.0 Å². The number of amides is 1. The maximum atomic E-state index is 12.4. The van der Waals surface area contributed by atoms with Gasteiger partial charge in [0.2, 0.25) is 0 Å². The molecule has 0 unspecified atom stereocenters. The van der Waals surface area contributed by atoms with Crippen molar-refractivity contribution < 1.29 is 4.79 Å². The van der Waals surface area contributed by atoms with Crippen LogP contribution in [0, 0.1) is 6.92 Å². The van der Waals surface area contributed by atoms with E-state index in [0.717, 1.165) is 16.6 Å². The molecule has 0 saturated carbocycles. The van der Waals surface area contributed by atoms with Crippen LogP contribution in [0.1, 0.15) is 28.7 Å². The summed E-state index contributed by atoms with van der Waals surface area (Å²) in [6, 6.07) is 15.5. The van der Waals surface area contributed by atoms with Crippen molar-refractivity contribution >= 4 is 27.5 Å². The average Bonchev–Trinajstić information content (AvgIpc) is 2.98. The molecule has 0 fully saturated rings. The Bertz CT molecular complexity index is 871. The Morgan fingerprint density at radius 1 is 1.21 bits per heavy atom. The third kappa shape index (κ3) is 3.38. The van der Waals surface area contributed by atoms with Gasteiger partial charge in [0.1, 0.15) is 0 Å². The van der Waals surface area contributed by atoms with E-state index < -0.39 is 0 Å². The molecule has 1 amide bonds. The molecule has 0 aliphatic carbocycles. The molecule has 0 bridgehead atoms. The van der Waals surface area contributed by atoms with Crippen LogP contribution in [0.2, 0.25) is 0 Å². The quantitative estimate of drug-likeness (QED) is 0.734. The highest BCUT2D eigenvalue weighted by Crippen LogP contribution is 2.17.